The van der Waals surface area contributed by atoms with E-state index in [0.717, 1.165) is 12.8 Å². The second kappa shape index (κ2) is 13.3. The number of aryl methyl sites for hydroxylation is 2. The fourth-order valence-corrected chi connectivity index (χ4v) is 7.85. The number of hydrogen-bond acceptors (Lipinski definition) is 0. The Bertz CT molecular complexity index is 1460. The van der Waals surface area contributed by atoms with Gasteiger partial charge in [-0.05, 0) is 89.7 Å². The average molecular weight is 541 g/mol. The SMILES string of the molecule is Cc1cc(CCC(C)c2cccc(C(C)C)c2)cc(Cc2ccc(P(c3ccccc3)c3ccccc3)cc2)c1. The van der Waals surface area contributed by atoms with Crippen LogP contribution in [0, 0.1) is 6.92 Å². The van der Waals surface area contributed by atoms with E-state index in [2.05, 4.69) is 155 Å². The largest absolute Gasteiger partial charge is 0.0622 e. The van der Waals surface area contributed by atoms with Crippen molar-refractivity contribution >= 4 is 23.8 Å². The lowest BCUT2D eigenvalue weighted by Crippen LogP contribution is -2.20. The van der Waals surface area contributed by atoms with Crippen molar-refractivity contribution in [2.75, 3.05) is 0 Å². The van der Waals surface area contributed by atoms with Gasteiger partial charge in [0.25, 0.3) is 0 Å². The van der Waals surface area contributed by atoms with Gasteiger partial charge in [0.1, 0.15) is 0 Å². The van der Waals surface area contributed by atoms with Crippen LogP contribution in [0.25, 0.3) is 0 Å². The predicted molar refractivity (Wildman–Crippen MR) is 176 cm³/mol. The highest BCUT2D eigenvalue weighted by Crippen LogP contribution is 2.33. The molecule has 0 aliphatic carbocycles. The molecular formula is C39H41P. The van der Waals surface area contributed by atoms with Crippen LogP contribution in [0.2, 0.25) is 0 Å². The number of rotatable bonds is 10. The Balaban J connectivity index is 1.29. The molecule has 0 amide bonds. The molecule has 5 aromatic rings. The minimum absolute atomic E-state index is 0.555. The second-order valence-electron chi connectivity index (χ2n) is 11.4. The van der Waals surface area contributed by atoms with Crippen molar-refractivity contribution in [1.82, 2.24) is 0 Å². The van der Waals surface area contributed by atoms with Crippen molar-refractivity contribution in [2.24, 2.45) is 0 Å². The Kier molecular flexibility index (Phi) is 9.30. The lowest BCUT2D eigenvalue weighted by molar-refractivity contribution is 0.676. The standard InChI is InChI=1S/C39H41P/c1-29(2)35-12-11-13-36(28-35)31(4)18-19-33-24-30(3)25-34(27-33)26-32-20-22-39(23-21-32)40(37-14-7-5-8-15-37)38-16-9-6-10-17-38/h5-17,20-25,27-29,31H,18-19,26H2,1-4H3. The van der Waals surface area contributed by atoms with Crippen LogP contribution in [-0.2, 0) is 12.8 Å². The van der Waals surface area contributed by atoms with Crippen molar-refractivity contribution in [3.05, 3.63) is 161 Å². The minimum atomic E-state index is -0.564. The van der Waals surface area contributed by atoms with Crippen molar-refractivity contribution < 1.29 is 0 Å². The summed E-state index contributed by atoms with van der Waals surface area (Å²) in [4.78, 5) is 0. The molecule has 0 fully saturated rings. The smallest absolute Gasteiger partial charge is 0.00256 e. The summed E-state index contributed by atoms with van der Waals surface area (Å²) in [5, 5.41) is 4.19. The fraction of sp³-hybridized carbons (Fsp3) is 0.231. The molecule has 0 aliphatic rings. The highest BCUT2D eigenvalue weighted by atomic mass is 31.1. The molecule has 0 saturated carbocycles. The van der Waals surface area contributed by atoms with Gasteiger partial charge in [-0.2, -0.15) is 0 Å². The van der Waals surface area contributed by atoms with E-state index in [0.29, 0.717) is 11.8 Å². The van der Waals surface area contributed by atoms with Gasteiger partial charge in [-0.15, -0.1) is 0 Å². The molecule has 1 heteroatoms. The number of hydrogen-bond donors (Lipinski definition) is 0. The molecule has 40 heavy (non-hydrogen) atoms. The van der Waals surface area contributed by atoms with Gasteiger partial charge < -0.3 is 0 Å². The third-order valence-electron chi connectivity index (χ3n) is 7.84. The summed E-state index contributed by atoms with van der Waals surface area (Å²) in [7, 11) is -0.564. The van der Waals surface area contributed by atoms with Gasteiger partial charge in [0, 0.05) is 0 Å². The second-order valence-corrected chi connectivity index (χ2v) is 13.7. The topological polar surface area (TPSA) is 0 Å². The summed E-state index contributed by atoms with van der Waals surface area (Å²) in [6.45, 7) is 9.16. The van der Waals surface area contributed by atoms with Crippen LogP contribution in [0.15, 0.2) is 127 Å². The lowest BCUT2D eigenvalue weighted by Gasteiger charge is -2.19. The van der Waals surface area contributed by atoms with Crippen LogP contribution < -0.4 is 15.9 Å². The molecule has 0 N–H and O–H groups in total. The first-order valence-corrected chi connectivity index (χ1v) is 16.0. The Labute approximate surface area is 242 Å². The zero-order valence-electron chi connectivity index (χ0n) is 24.3. The maximum Gasteiger partial charge on any atom is -0.00256 e. The highest BCUT2D eigenvalue weighted by Gasteiger charge is 2.16. The molecule has 0 spiro atoms. The summed E-state index contributed by atoms with van der Waals surface area (Å²) in [6, 6.07) is 47.6. The maximum atomic E-state index is 2.43. The molecule has 0 aliphatic heterocycles. The zero-order chi connectivity index (χ0) is 27.9. The molecule has 5 rings (SSSR count). The summed E-state index contributed by atoms with van der Waals surface area (Å²) in [5.41, 5.74) is 8.49. The van der Waals surface area contributed by atoms with Gasteiger partial charge in [0.15, 0.2) is 0 Å². The molecule has 1 atom stereocenters. The van der Waals surface area contributed by atoms with Crippen LogP contribution in [0.1, 0.15) is 72.4 Å². The summed E-state index contributed by atoms with van der Waals surface area (Å²) < 4.78 is 0. The van der Waals surface area contributed by atoms with Crippen molar-refractivity contribution in [3.63, 3.8) is 0 Å². The molecule has 202 valence electrons. The predicted octanol–water partition coefficient (Wildman–Crippen LogP) is 9.20. The van der Waals surface area contributed by atoms with E-state index in [1.165, 1.54) is 55.7 Å². The van der Waals surface area contributed by atoms with Crippen LogP contribution in [-0.4, -0.2) is 0 Å². The van der Waals surface area contributed by atoms with E-state index < -0.39 is 7.92 Å². The Morgan fingerprint density at radius 3 is 1.73 bits per heavy atom. The van der Waals surface area contributed by atoms with Gasteiger partial charge >= 0.3 is 0 Å². The summed E-state index contributed by atoms with van der Waals surface area (Å²) >= 11 is 0. The van der Waals surface area contributed by atoms with Gasteiger partial charge in [-0.25, -0.2) is 0 Å². The van der Waals surface area contributed by atoms with E-state index in [4.69, 9.17) is 0 Å². The quantitative estimate of drug-likeness (QED) is 0.155. The van der Waals surface area contributed by atoms with Gasteiger partial charge in [0.2, 0.25) is 0 Å². The molecule has 0 saturated heterocycles. The average Bonchev–Trinajstić information content (AvgIpc) is 2.98. The van der Waals surface area contributed by atoms with Crippen LogP contribution in [0.3, 0.4) is 0 Å². The van der Waals surface area contributed by atoms with Crippen molar-refractivity contribution in [3.8, 4) is 0 Å². The maximum absolute atomic E-state index is 2.43. The molecule has 0 radical (unpaired) electrons. The van der Waals surface area contributed by atoms with Gasteiger partial charge in [-0.1, -0.05) is 154 Å². The van der Waals surface area contributed by atoms with Crippen LogP contribution in [0.4, 0.5) is 0 Å². The fourth-order valence-electron chi connectivity index (χ4n) is 5.57. The first-order chi connectivity index (χ1) is 19.5. The molecule has 5 aromatic carbocycles. The minimum Gasteiger partial charge on any atom is -0.0622 e. The van der Waals surface area contributed by atoms with E-state index in [1.54, 1.807) is 0 Å². The summed E-state index contributed by atoms with van der Waals surface area (Å²) in [6.07, 6.45) is 3.25. The Morgan fingerprint density at radius 2 is 1.10 bits per heavy atom. The van der Waals surface area contributed by atoms with E-state index >= 15 is 0 Å². The van der Waals surface area contributed by atoms with E-state index in [-0.39, 0.29) is 0 Å². The zero-order valence-corrected chi connectivity index (χ0v) is 25.2. The molecule has 0 heterocycles. The molecule has 0 bridgehead atoms. The van der Waals surface area contributed by atoms with Crippen LogP contribution >= 0.6 is 7.92 Å². The molecule has 0 nitrogen and oxygen atoms in total. The third kappa shape index (κ3) is 7.18. The normalized spacial score (nSPS) is 12.2. The molecule has 0 aromatic heterocycles. The first-order valence-electron chi connectivity index (χ1n) is 14.6. The lowest BCUT2D eigenvalue weighted by atomic mass is 9.90. The third-order valence-corrected chi connectivity index (χ3v) is 10.3. The first kappa shape index (κ1) is 28.1. The molecular weight excluding hydrogens is 499 g/mol. The highest BCUT2D eigenvalue weighted by molar-refractivity contribution is 7.79. The van der Waals surface area contributed by atoms with Gasteiger partial charge in [0.05, 0.1) is 0 Å². The number of benzene rings is 5. The van der Waals surface area contributed by atoms with E-state index in [1.807, 2.05) is 0 Å². The van der Waals surface area contributed by atoms with Crippen LogP contribution in [0.5, 0.6) is 0 Å². The Morgan fingerprint density at radius 1 is 0.525 bits per heavy atom. The van der Waals surface area contributed by atoms with Gasteiger partial charge in [-0.3, -0.25) is 0 Å². The van der Waals surface area contributed by atoms with Crippen molar-refractivity contribution in [1.29, 1.82) is 0 Å². The summed E-state index contributed by atoms with van der Waals surface area (Å²) in [5.74, 6) is 1.13. The molecule has 1 unspecified atom stereocenters. The van der Waals surface area contributed by atoms with E-state index in [9.17, 15) is 0 Å². The Hall–Kier alpha value is -3.47. The van der Waals surface area contributed by atoms with Crippen molar-refractivity contribution in [2.45, 2.75) is 58.8 Å². The monoisotopic (exact) mass is 540 g/mol.